The Morgan fingerprint density at radius 2 is 1.89 bits per heavy atom. The van der Waals surface area contributed by atoms with Crippen molar-refractivity contribution in [1.82, 2.24) is 0 Å². The zero-order valence-electron chi connectivity index (χ0n) is 15.2. The third kappa shape index (κ3) is 6.15. The molecule has 0 aliphatic heterocycles. The van der Waals surface area contributed by atoms with Crippen molar-refractivity contribution in [3.8, 4) is 5.75 Å². The van der Waals surface area contributed by atoms with Crippen LogP contribution in [0.2, 0.25) is 0 Å². The Morgan fingerprint density at radius 3 is 2.57 bits per heavy atom. The van der Waals surface area contributed by atoms with Gasteiger partial charge in [-0.25, -0.2) is 4.79 Å². The van der Waals surface area contributed by atoms with Crippen molar-refractivity contribution in [2.24, 2.45) is 0 Å². The molecular formula is C20H18F3NO4. The fourth-order valence-corrected chi connectivity index (χ4v) is 2.27. The summed E-state index contributed by atoms with van der Waals surface area (Å²) in [5.41, 5.74) is 0.690. The number of ether oxygens (including phenoxy) is 2. The molecule has 2 rings (SSSR count). The zero-order valence-corrected chi connectivity index (χ0v) is 15.2. The average molecular weight is 393 g/mol. The van der Waals surface area contributed by atoms with Gasteiger partial charge < -0.3 is 14.8 Å². The summed E-state index contributed by atoms with van der Waals surface area (Å²) in [6.45, 7) is 1.29. The molecule has 0 aromatic heterocycles. The van der Waals surface area contributed by atoms with E-state index in [0.717, 1.165) is 23.8 Å². The van der Waals surface area contributed by atoms with Gasteiger partial charge in [-0.05, 0) is 48.4 Å². The van der Waals surface area contributed by atoms with Gasteiger partial charge in [0.2, 0.25) is 0 Å². The van der Waals surface area contributed by atoms with Crippen LogP contribution in [0.15, 0.2) is 48.5 Å². The van der Waals surface area contributed by atoms with Gasteiger partial charge in [0.05, 0.1) is 18.4 Å². The van der Waals surface area contributed by atoms with Gasteiger partial charge in [0, 0.05) is 6.08 Å². The molecule has 2 aromatic carbocycles. The van der Waals surface area contributed by atoms with Crippen LogP contribution in [-0.4, -0.2) is 25.6 Å². The molecular weight excluding hydrogens is 375 g/mol. The van der Waals surface area contributed by atoms with Crippen LogP contribution in [-0.2, 0) is 20.5 Å². The maximum Gasteiger partial charge on any atom is 0.416 e. The Hall–Kier alpha value is -3.29. The smallest absolute Gasteiger partial charge is 0.416 e. The van der Waals surface area contributed by atoms with Crippen LogP contribution >= 0.6 is 0 Å². The van der Waals surface area contributed by atoms with E-state index >= 15 is 0 Å². The number of alkyl halides is 3. The summed E-state index contributed by atoms with van der Waals surface area (Å²) in [5, 5.41) is 2.57. The summed E-state index contributed by atoms with van der Waals surface area (Å²) in [5.74, 6) is -0.983. The van der Waals surface area contributed by atoms with Gasteiger partial charge in [0.25, 0.3) is 5.91 Å². The van der Waals surface area contributed by atoms with Crippen LogP contribution in [0.25, 0.3) is 6.08 Å². The zero-order chi connectivity index (χ0) is 20.7. The van der Waals surface area contributed by atoms with Gasteiger partial charge in [-0.2, -0.15) is 13.2 Å². The number of hydrogen-bond donors (Lipinski definition) is 1. The number of hydrogen-bond acceptors (Lipinski definition) is 4. The van der Waals surface area contributed by atoms with Crippen molar-refractivity contribution in [2.45, 2.75) is 13.1 Å². The highest BCUT2D eigenvalue weighted by molar-refractivity contribution is 5.95. The minimum Gasteiger partial charge on any atom is -0.495 e. The second-order valence-corrected chi connectivity index (χ2v) is 5.82. The van der Waals surface area contributed by atoms with E-state index < -0.39 is 30.2 Å². The Bertz CT molecular complexity index is 891. The highest BCUT2D eigenvalue weighted by Crippen LogP contribution is 2.29. The second kappa shape index (κ2) is 9.07. The normalized spacial score (nSPS) is 11.3. The Morgan fingerprint density at radius 1 is 1.14 bits per heavy atom. The van der Waals surface area contributed by atoms with Crippen molar-refractivity contribution in [3.05, 3.63) is 65.2 Å². The molecule has 0 atom stereocenters. The molecule has 0 radical (unpaired) electrons. The second-order valence-electron chi connectivity index (χ2n) is 5.82. The molecule has 0 bridgehead atoms. The predicted octanol–water partition coefficient (Wildman–Crippen LogP) is 4.22. The van der Waals surface area contributed by atoms with Crippen LogP contribution in [0.1, 0.15) is 16.7 Å². The first-order valence-corrected chi connectivity index (χ1v) is 8.15. The summed E-state index contributed by atoms with van der Waals surface area (Å²) >= 11 is 0. The van der Waals surface area contributed by atoms with Gasteiger partial charge in [-0.3, -0.25) is 4.79 Å². The Labute approximate surface area is 159 Å². The first kappa shape index (κ1) is 21.0. The highest BCUT2D eigenvalue weighted by atomic mass is 19.4. The number of aryl methyl sites for hydroxylation is 1. The van der Waals surface area contributed by atoms with Crippen LogP contribution < -0.4 is 10.1 Å². The first-order valence-electron chi connectivity index (χ1n) is 8.15. The third-order valence-corrected chi connectivity index (χ3v) is 3.60. The van der Waals surface area contributed by atoms with Crippen molar-refractivity contribution in [2.75, 3.05) is 19.0 Å². The molecule has 0 fully saturated rings. The first-order chi connectivity index (χ1) is 13.2. The lowest BCUT2D eigenvalue weighted by Gasteiger charge is -2.11. The Kier molecular flexibility index (Phi) is 6.81. The van der Waals surface area contributed by atoms with Gasteiger partial charge in [0.15, 0.2) is 6.61 Å². The molecule has 5 nitrogen and oxygen atoms in total. The highest BCUT2D eigenvalue weighted by Gasteiger charge is 2.30. The standard InChI is InChI=1S/C20H18F3NO4/c1-13-6-8-17(27-2)16(10-13)24-18(25)12-28-19(26)9-7-14-4-3-5-15(11-14)20(21,22)23/h3-11H,12H2,1-2H3,(H,24,25)/b9-7+. The van der Waals surface area contributed by atoms with E-state index in [1.54, 1.807) is 12.1 Å². The molecule has 2 aromatic rings. The summed E-state index contributed by atoms with van der Waals surface area (Å²) in [4.78, 5) is 23.6. The van der Waals surface area contributed by atoms with E-state index in [1.807, 2.05) is 13.0 Å². The number of nitrogens with one attached hydrogen (secondary N) is 1. The molecule has 0 aliphatic rings. The number of methoxy groups -OCH3 is 1. The van der Waals surface area contributed by atoms with Gasteiger partial charge >= 0.3 is 12.1 Å². The van der Waals surface area contributed by atoms with Crippen LogP contribution in [0.5, 0.6) is 5.75 Å². The summed E-state index contributed by atoms with van der Waals surface area (Å²) in [6, 6.07) is 9.68. The SMILES string of the molecule is COc1ccc(C)cc1NC(=O)COC(=O)/C=C/c1cccc(C(F)(F)F)c1. The van der Waals surface area contributed by atoms with E-state index in [4.69, 9.17) is 9.47 Å². The molecule has 0 saturated carbocycles. The van der Waals surface area contributed by atoms with Crippen LogP contribution in [0, 0.1) is 6.92 Å². The van der Waals surface area contributed by atoms with Gasteiger partial charge in [0.1, 0.15) is 5.75 Å². The van der Waals surface area contributed by atoms with Crippen LogP contribution in [0.3, 0.4) is 0 Å². The fourth-order valence-electron chi connectivity index (χ4n) is 2.27. The van der Waals surface area contributed by atoms with E-state index in [9.17, 15) is 22.8 Å². The number of benzene rings is 2. The maximum atomic E-state index is 12.7. The summed E-state index contributed by atoms with van der Waals surface area (Å²) in [6.07, 6.45) is -2.34. The molecule has 8 heteroatoms. The van der Waals surface area contributed by atoms with Crippen molar-refractivity contribution in [1.29, 1.82) is 0 Å². The lowest BCUT2D eigenvalue weighted by molar-refractivity contribution is -0.142. The molecule has 0 spiro atoms. The lowest BCUT2D eigenvalue weighted by atomic mass is 10.1. The summed E-state index contributed by atoms with van der Waals surface area (Å²) in [7, 11) is 1.46. The minimum absolute atomic E-state index is 0.181. The van der Waals surface area contributed by atoms with Crippen molar-refractivity contribution < 1.29 is 32.2 Å². The fraction of sp³-hybridized carbons (Fsp3) is 0.200. The predicted molar refractivity (Wildman–Crippen MR) is 97.8 cm³/mol. The molecule has 0 heterocycles. The quantitative estimate of drug-likeness (QED) is 0.590. The molecule has 0 saturated heterocycles. The molecule has 0 unspecified atom stereocenters. The molecule has 0 aliphatic carbocycles. The maximum absolute atomic E-state index is 12.7. The molecule has 1 amide bonds. The summed E-state index contributed by atoms with van der Waals surface area (Å²) < 4.78 is 47.9. The van der Waals surface area contributed by atoms with E-state index in [-0.39, 0.29) is 5.56 Å². The van der Waals surface area contributed by atoms with Crippen LogP contribution in [0.4, 0.5) is 18.9 Å². The third-order valence-electron chi connectivity index (χ3n) is 3.60. The Balaban J connectivity index is 1.91. The van der Waals surface area contributed by atoms with Crippen molar-refractivity contribution in [3.63, 3.8) is 0 Å². The number of carbonyl (C=O) groups excluding carboxylic acids is 2. The number of esters is 1. The van der Waals surface area contributed by atoms with E-state index in [2.05, 4.69) is 5.32 Å². The minimum atomic E-state index is -4.47. The molecule has 1 N–H and O–H groups in total. The number of amides is 1. The monoisotopic (exact) mass is 393 g/mol. The topological polar surface area (TPSA) is 64.6 Å². The lowest BCUT2D eigenvalue weighted by Crippen LogP contribution is -2.20. The van der Waals surface area contributed by atoms with Crippen molar-refractivity contribution >= 4 is 23.6 Å². The van der Waals surface area contributed by atoms with Gasteiger partial charge in [-0.1, -0.05) is 18.2 Å². The molecule has 148 valence electrons. The largest absolute Gasteiger partial charge is 0.495 e. The number of rotatable bonds is 6. The van der Waals surface area contributed by atoms with E-state index in [1.165, 1.54) is 25.3 Å². The van der Waals surface area contributed by atoms with Gasteiger partial charge in [-0.15, -0.1) is 0 Å². The molecule has 28 heavy (non-hydrogen) atoms. The number of halogens is 3. The number of anilines is 1. The van der Waals surface area contributed by atoms with E-state index in [0.29, 0.717) is 11.4 Å². The number of carbonyl (C=O) groups is 2. The average Bonchev–Trinajstić information content (AvgIpc) is 2.64.